The molecular formula is C32H50O3. The molecule has 35 heavy (non-hydrogen) atoms. The van der Waals surface area contributed by atoms with Gasteiger partial charge < -0.3 is 5.11 Å². The fourth-order valence-electron chi connectivity index (χ4n) is 8.41. The van der Waals surface area contributed by atoms with E-state index in [4.69, 9.17) is 0 Å². The zero-order valence-electron chi connectivity index (χ0n) is 23.8. The number of Topliss-reactive ketones (excluding diaryl/α,β-unsaturated/α-hetero) is 1. The molecule has 4 unspecified atom stereocenters. The number of carboxylic acids is 1. The molecule has 1 aromatic rings. The van der Waals surface area contributed by atoms with Crippen molar-refractivity contribution in [2.75, 3.05) is 0 Å². The van der Waals surface area contributed by atoms with Gasteiger partial charge in [-0.15, -0.1) is 0 Å². The average molecular weight is 483 g/mol. The molecule has 1 N–H and O–H groups in total. The summed E-state index contributed by atoms with van der Waals surface area (Å²) in [5.41, 5.74) is 0.500. The molecular weight excluding hydrogens is 432 g/mol. The minimum absolute atomic E-state index is 0.0200. The van der Waals surface area contributed by atoms with Crippen LogP contribution >= 0.6 is 0 Å². The highest BCUT2D eigenvalue weighted by molar-refractivity contribution is 5.87. The van der Waals surface area contributed by atoms with Crippen LogP contribution in [-0.4, -0.2) is 16.9 Å². The number of carboxylic acid groups (broad SMARTS) is 1. The first-order valence-electron chi connectivity index (χ1n) is 13.9. The Balaban J connectivity index is 2.16. The van der Waals surface area contributed by atoms with Gasteiger partial charge >= 0.3 is 5.97 Å². The lowest BCUT2D eigenvalue weighted by Crippen LogP contribution is -2.63. The van der Waals surface area contributed by atoms with Gasteiger partial charge in [0.1, 0.15) is 5.78 Å². The summed E-state index contributed by atoms with van der Waals surface area (Å²) in [6.45, 7) is 20.5. The molecule has 0 aliphatic heterocycles. The number of carbonyl (C=O) groups is 2. The van der Waals surface area contributed by atoms with Crippen LogP contribution in [0.1, 0.15) is 100.0 Å². The molecule has 0 spiro atoms. The zero-order valence-corrected chi connectivity index (χ0v) is 23.8. The summed E-state index contributed by atoms with van der Waals surface area (Å²) in [5.74, 6) is -0.0919. The molecule has 0 amide bonds. The summed E-state index contributed by atoms with van der Waals surface area (Å²) in [5, 5.41) is 10.6. The zero-order chi connectivity index (χ0) is 26.4. The van der Waals surface area contributed by atoms with Crippen molar-refractivity contribution >= 4 is 11.8 Å². The van der Waals surface area contributed by atoms with Crippen LogP contribution in [0.2, 0.25) is 0 Å². The largest absolute Gasteiger partial charge is 0.481 e. The molecule has 0 aromatic heterocycles. The third-order valence-electron chi connectivity index (χ3n) is 11.6. The number of carbonyl (C=O) groups excluding carboxylic acids is 1. The summed E-state index contributed by atoms with van der Waals surface area (Å²) >= 11 is 0. The molecule has 0 heterocycles. The second kappa shape index (κ2) is 9.67. The standard InChI is InChI=1S/C32H50O3/c1-21-15-16-26(25(28(34)35)20-29(4,5)27(21)33)32(9)30(6,7)22(2)17-18-31(32,8)23(3)19-24-13-11-10-12-14-24/h10-14,21-23,25-26H,15-20H2,1-9H3,(H,34,35)/t21?,22?,23-,25?,26-,31-,32?/m0/s1. The molecule has 0 radical (unpaired) electrons. The predicted octanol–water partition coefficient (Wildman–Crippen LogP) is 8.07. The molecule has 3 heteroatoms. The van der Waals surface area contributed by atoms with E-state index in [-0.39, 0.29) is 33.9 Å². The fraction of sp³-hybridized carbons (Fsp3) is 0.750. The Kier molecular flexibility index (Phi) is 7.72. The topological polar surface area (TPSA) is 54.4 Å². The van der Waals surface area contributed by atoms with Crippen LogP contribution in [0.5, 0.6) is 0 Å². The summed E-state index contributed by atoms with van der Waals surface area (Å²) in [4.78, 5) is 26.1. The monoisotopic (exact) mass is 482 g/mol. The molecule has 0 bridgehead atoms. The van der Waals surface area contributed by atoms with E-state index in [0.29, 0.717) is 18.3 Å². The minimum Gasteiger partial charge on any atom is -0.481 e. The molecule has 2 fully saturated rings. The van der Waals surface area contributed by atoms with Crippen molar-refractivity contribution in [3.63, 3.8) is 0 Å². The van der Waals surface area contributed by atoms with Crippen LogP contribution in [0.3, 0.4) is 0 Å². The molecule has 3 rings (SSSR count). The highest BCUT2D eigenvalue weighted by atomic mass is 16.4. The van der Waals surface area contributed by atoms with Crippen molar-refractivity contribution in [3.05, 3.63) is 35.9 Å². The van der Waals surface area contributed by atoms with Crippen LogP contribution in [0, 0.1) is 51.2 Å². The van der Waals surface area contributed by atoms with E-state index in [0.717, 1.165) is 25.7 Å². The molecule has 3 nitrogen and oxygen atoms in total. The number of rotatable bonds is 5. The third-order valence-corrected chi connectivity index (χ3v) is 11.6. The first-order chi connectivity index (χ1) is 16.1. The summed E-state index contributed by atoms with van der Waals surface area (Å²) in [7, 11) is 0. The van der Waals surface area contributed by atoms with Gasteiger partial charge in [0.05, 0.1) is 5.92 Å². The van der Waals surface area contributed by atoms with E-state index in [1.54, 1.807) is 0 Å². The average Bonchev–Trinajstić information content (AvgIpc) is 2.79. The molecule has 2 saturated carbocycles. The van der Waals surface area contributed by atoms with E-state index in [2.05, 4.69) is 78.8 Å². The highest BCUT2D eigenvalue weighted by Crippen LogP contribution is 2.70. The lowest BCUT2D eigenvalue weighted by Gasteiger charge is -2.68. The maximum Gasteiger partial charge on any atom is 0.306 e. The molecule has 1 aromatic carbocycles. The Morgan fingerprint density at radius 2 is 1.60 bits per heavy atom. The van der Waals surface area contributed by atoms with Gasteiger partial charge in [-0.3, -0.25) is 9.59 Å². The number of aliphatic carboxylic acids is 1. The second-order valence-corrected chi connectivity index (χ2v) is 13.9. The Labute approximate surface area is 214 Å². The summed E-state index contributed by atoms with van der Waals surface area (Å²) in [6, 6.07) is 10.7. The maximum absolute atomic E-state index is 13.2. The number of benzene rings is 1. The van der Waals surface area contributed by atoms with E-state index >= 15 is 0 Å². The van der Waals surface area contributed by atoms with Gasteiger partial charge in [-0.2, -0.15) is 0 Å². The van der Waals surface area contributed by atoms with Crippen molar-refractivity contribution in [2.45, 2.75) is 101 Å². The van der Waals surface area contributed by atoms with Gasteiger partial charge in [0, 0.05) is 11.3 Å². The normalized spacial score (nSPS) is 38.3. The Bertz CT molecular complexity index is 916. The predicted molar refractivity (Wildman–Crippen MR) is 144 cm³/mol. The Hall–Kier alpha value is -1.64. The van der Waals surface area contributed by atoms with E-state index < -0.39 is 17.3 Å². The van der Waals surface area contributed by atoms with Crippen molar-refractivity contribution < 1.29 is 14.7 Å². The van der Waals surface area contributed by atoms with Gasteiger partial charge in [-0.25, -0.2) is 0 Å². The molecule has 2 aliphatic carbocycles. The van der Waals surface area contributed by atoms with Crippen molar-refractivity contribution in [1.82, 2.24) is 0 Å². The lowest BCUT2D eigenvalue weighted by atomic mass is 9.36. The summed E-state index contributed by atoms with van der Waals surface area (Å²) in [6.07, 6.45) is 5.30. The summed E-state index contributed by atoms with van der Waals surface area (Å²) < 4.78 is 0. The van der Waals surface area contributed by atoms with Gasteiger partial charge in [0.2, 0.25) is 0 Å². The Morgan fingerprint density at radius 3 is 2.17 bits per heavy atom. The van der Waals surface area contributed by atoms with Crippen LogP contribution in [0.15, 0.2) is 30.3 Å². The second-order valence-electron chi connectivity index (χ2n) is 13.9. The van der Waals surface area contributed by atoms with Crippen molar-refractivity contribution in [1.29, 1.82) is 0 Å². The molecule has 0 saturated heterocycles. The van der Waals surface area contributed by atoms with Crippen molar-refractivity contribution in [2.24, 2.45) is 51.2 Å². The van der Waals surface area contributed by atoms with Crippen molar-refractivity contribution in [3.8, 4) is 0 Å². The third kappa shape index (κ3) is 4.62. The van der Waals surface area contributed by atoms with Crippen LogP contribution in [0.4, 0.5) is 0 Å². The number of hydrogen-bond acceptors (Lipinski definition) is 2. The van der Waals surface area contributed by atoms with Gasteiger partial charge in [-0.1, -0.05) is 92.6 Å². The highest BCUT2D eigenvalue weighted by Gasteiger charge is 2.65. The maximum atomic E-state index is 13.2. The minimum atomic E-state index is -0.723. The number of ketones is 1. The van der Waals surface area contributed by atoms with Gasteiger partial charge in [-0.05, 0) is 78.1 Å². The van der Waals surface area contributed by atoms with Gasteiger partial charge in [0.15, 0.2) is 0 Å². The van der Waals surface area contributed by atoms with Crippen LogP contribution in [-0.2, 0) is 16.0 Å². The first-order valence-corrected chi connectivity index (χ1v) is 13.9. The smallest absolute Gasteiger partial charge is 0.306 e. The van der Waals surface area contributed by atoms with Crippen LogP contribution < -0.4 is 0 Å². The first kappa shape index (κ1) is 27.9. The number of hydrogen-bond donors (Lipinski definition) is 1. The van der Waals surface area contributed by atoms with E-state index in [1.807, 2.05) is 13.8 Å². The Morgan fingerprint density at radius 1 is 1.00 bits per heavy atom. The SMILES string of the molecule is CC1CC[C@H](C2(C)C(C)(C)C(C)CC[C@@]2(C)[C@@H](C)Cc2ccccc2)C(C(=O)O)CC(C)(C)C1=O. The van der Waals surface area contributed by atoms with E-state index in [1.165, 1.54) is 12.0 Å². The lowest BCUT2D eigenvalue weighted by molar-refractivity contribution is -0.203. The molecule has 196 valence electrons. The quantitative estimate of drug-likeness (QED) is 0.461. The van der Waals surface area contributed by atoms with Crippen LogP contribution in [0.25, 0.3) is 0 Å². The molecule has 2 aliphatic rings. The fourth-order valence-corrected chi connectivity index (χ4v) is 8.41. The van der Waals surface area contributed by atoms with Gasteiger partial charge in [0.25, 0.3) is 0 Å². The van der Waals surface area contributed by atoms with E-state index in [9.17, 15) is 14.7 Å². The molecule has 7 atom stereocenters.